The van der Waals surface area contributed by atoms with Gasteiger partial charge in [0.1, 0.15) is 0 Å². The van der Waals surface area contributed by atoms with Crippen LogP contribution in [0.15, 0.2) is 35.1 Å². The summed E-state index contributed by atoms with van der Waals surface area (Å²) in [6.45, 7) is 1.71. The van der Waals surface area contributed by atoms with Gasteiger partial charge in [0.2, 0.25) is 0 Å². The second-order valence-corrected chi connectivity index (χ2v) is 5.32. The first-order chi connectivity index (χ1) is 10.3. The quantitative estimate of drug-likeness (QED) is 0.539. The van der Waals surface area contributed by atoms with Gasteiger partial charge in [-0.1, -0.05) is 6.07 Å². The van der Waals surface area contributed by atoms with Gasteiger partial charge in [-0.25, -0.2) is 0 Å². The SMILES string of the molecule is NC=C(C=NC1CNC1)C(=O)NC1CCc2cccnc21. The van der Waals surface area contributed by atoms with Crippen LogP contribution in [0.5, 0.6) is 0 Å². The van der Waals surface area contributed by atoms with Crippen LogP contribution in [0.3, 0.4) is 0 Å². The van der Waals surface area contributed by atoms with E-state index < -0.39 is 0 Å². The number of amides is 1. The zero-order chi connectivity index (χ0) is 14.7. The van der Waals surface area contributed by atoms with Gasteiger partial charge < -0.3 is 16.4 Å². The molecule has 1 aliphatic carbocycles. The number of carbonyl (C=O) groups excluding carboxylic acids is 1. The molecule has 6 nitrogen and oxygen atoms in total. The molecule has 1 amide bonds. The van der Waals surface area contributed by atoms with Crippen molar-refractivity contribution in [1.29, 1.82) is 0 Å². The number of fused-ring (bicyclic) bond motifs is 1. The van der Waals surface area contributed by atoms with Crippen molar-refractivity contribution in [3.8, 4) is 0 Å². The number of hydrogen-bond acceptors (Lipinski definition) is 5. The van der Waals surface area contributed by atoms with E-state index in [1.807, 2.05) is 6.07 Å². The third-order valence-electron chi connectivity index (χ3n) is 3.89. The van der Waals surface area contributed by atoms with Crippen molar-refractivity contribution in [1.82, 2.24) is 15.6 Å². The highest BCUT2D eigenvalue weighted by Gasteiger charge is 2.25. The number of aryl methyl sites for hydroxylation is 1. The van der Waals surface area contributed by atoms with E-state index in [2.05, 4.69) is 26.7 Å². The number of rotatable bonds is 4. The van der Waals surface area contributed by atoms with Gasteiger partial charge in [0.25, 0.3) is 5.91 Å². The Labute approximate surface area is 123 Å². The summed E-state index contributed by atoms with van der Waals surface area (Å²) in [4.78, 5) is 21.0. The van der Waals surface area contributed by atoms with Crippen molar-refractivity contribution in [2.75, 3.05) is 13.1 Å². The molecule has 2 aliphatic rings. The Balaban J connectivity index is 1.64. The molecule has 21 heavy (non-hydrogen) atoms. The number of nitrogens with one attached hydrogen (secondary N) is 2. The van der Waals surface area contributed by atoms with E-state index in [0.717, 1.165) is 31.6 Å². The van der Waals surface area contributed by atoms with Crippen molar-refractivity contribution in [3.63, 3.8) is 0 Å². The van der Waals surface area contributed by atoms with Crippen LogP contribution < -0.4 is 16.4 Å². The zero-order valence-corrected chi connectivity index (χ0v) is 11.7. The summed E-state index contributed by atoms with van der Waals surface area (Å²) >= 11 is 0. The summed E-state index contributed by atoms with van der Waals surface area (Å²) in [5.41, 5.74) is 8.10. The summed E-state index contributed by atoms with van der Waals surface area (Å²) < 4.78 is 0. The van der Waals surface area contributed by atoms with Crippen molar-refractivity contribution >= 4 is 12.1 Å². The lowest BCUT2D eigenvalue weighted by atomic mass is 10.2. The Bertz CT molecular complexity index is 591. The van der Waals surface area contributed by atoms with Gasteiger partial charge in [0, 0.05) is 31.7 Å². The van der Waals surface area contributed by atoms with Crippen LogP contribution in [0.25, 0.3) is 0 Å². The van der Waals surface area contributed by atoms with E-state index in [9.17, 15) is 4.79 Å². The fourth-order valence-electron chi connectivity index (χ4n) is 2.54. The molecule has 1 aliphatic heterocycles. The molecule has 0 aromatic carbocycles. The average Bonchev–Trinajstić information content (AvgIpc) is 2.85. The third-order valence-corrected chi connectivity index (χ3v) is 3.89. The van der Waals surface area contributed by atoms with Gasteiger partial charge in [-0.2, -0.15) is 0 Å². The monoisotopic (exact) mass is 285 g/mol. The fourth-order valence-corrected chi connectivity index (χ4v) is 2.54. The Morgan fingerprint density at radius 3 is 3.10 bits per heavy atom. The lowest BCUT2D eigenvalue weighted by Gasteiger charge is -2.22. The molecule has 0 bridgehead atoms. The van der Waals surface area contributed by atoms with Gasteiger partial charge in [-0.05, 0) is 24.5 Å². The molecule has 3 rings (SSSR count). The van der Waals surface area contributed by atoms with Crippen LogP contribution in [-0.4, -0.2) is 36.2 Å². The molecular formula is C15H19N5O. The minimum atomic E-state index is -0.197. The van der Waals surface area contributed by atoms with Crippen LogP contribution in [0.1, 0.15) is 23.7 Å². The molecule has 1 aromatic rings. The fraction of sp³-hybridized carbons (Fsp3) is 0.400. The standard InChI is InChI=1S/C15H19N5O/c16-6-11(7-19-12-8-17-9-12)15(21)20-13-4-3-10-2-1-5-18-14(10)13/h1-2,5-7,12-13,17H,3-4,8-9,16H2,(H,20,21). The van der Waals surface area contributed by atoms with Crippen molar-refractivity contribution < 1.29 is 4.79 Å². The topological polar surface area (TPSA) is 92.4 Å². The molecule has 0 radical (unpaired) electrons. The predicted molar refractivity (Wildman–Crippen MR) is 80.9 cm³/mol. The first kappa shape index (κ1) is 13.8. The maximum absolute atomic E-state index is 12.3. The van der Waals surface area contributed by atoms with E-state index in [4.69, 9.17) is 5.73 Å². The highest BCUT2D eigenvalue weighted by atomic mass is 16.1. The summed E-state index contributed by atoms with van der Waals surface area (Å²) in [6.07, 6.45) is 6.44. The Morgan fingerprint density at radius 2 is 2.38 bits per heavy atom. The van der Waals surface area contributed by atoms with Gasteiger partial charge in [0.15, 0.2) is 0 Å². The first-order valence-corrected chi connectivity index (χ1v) is 7.18. The predicted octanol–water partition coefficient (Wildman–Crippen LogP) is 0.0703. The van der Waals surface area contributed by atoms with Gasteiger partial charge >= 0.3 is 0 Å². The summed E-state index contributed by atoms with van der Waals surface area (Å²) in [7, 11) is 0. The highest BCUT2D eigenvalue weighted by molar-refractivity contribution is 6.12. The number of carbonyl (C=O) groups is 1. The van der Waals surface area contributed by atoms with E-state index >= 15 is 0 Å². The molecule has 1 saturated heterocycles. The van der Waals surface area contributed by atoms with E-state index in [-0.39, 0.29) is 18.0 Å². The van der Waals surface area contributed by atoms with E-state index in [1.54, 1.807) is 12.4 Å². The Hall–Kier alpha value is -2.21. The second kappa shape index (κ2) is 6.05. The maximum Gasteiger partial charge on any atom is 0.254 e. The van der Waals surface area contributed by atoms with E-state index in [1.165, 1.54) is 11.8 Å². The summed E-state index contributed by atoms with van der Waals surface area (Å²) in [6, 6.07) is 4.19. The number of aliphatic imine (C=N–C) groups is 1. The molecule has 0 spiro atoms. The van der Waals surface area contributed by atoms with Crippen molar-refractivity contribution in [2.24, 2.45) is 10.7 Å². The molecule has 6 heteroatoms. The van der Waals surface area contributed by atoms with Crippen LogP contribution in [0.4, 0.5) is 0 Å². The molecule has 0 saturated carbocycles. The number of pyridine rings is 1. The number of nitrogens with zero attached hydrogens (tertiary/aromatic N) is 2. The minimum absolute atomic E-state index is 0.0394. The molecule has 1 aromatic heterocycles. The first-order valence-electron chi connectivity index (χ1n) is 7.18. The average molecular weight is 285 g/mol. The van der Waals surface area contributed by atoms with Crippen molar-refractivity contribution in [3.05, 3.63) is 41.4 Å². The second-order valence-electron chi connectivity index (χ2n) is 5.32. The van der Waals surface area contributed by atoms with Gasteiger partial charge in [0.05, 0.1) is 23.4 Å². The van der Waals surface area contributed by atoms with Gasteiger partial charge in [-0.15, -0.1) is 0 Å². The molecular weight excluding hydrogens is 266 g/mol. The Morgan fingerprint density at radius 1 is 1.52 bits per heavy atom. The smallest absolute Gasteiger partial charge is 0.254 e. The summed E-state index contributed by atoms with van der Waals surface area (Å²) in [5, 5.41) is 6.12. The number of aromatic nitrogens is 1. The van der Waals surface area contributed by atoms with Gasteiger partial charge in [-0.3, -0.25) is 14.8 Å². The molecule has 1 atom stereocenters. The Kier molecular flexibility index (Phi) is 3.96. The molecule has 2 heterocycles. The van der Waals surface area contributed by atoms with Crippen molar-refractivity contribution in [2.45, 2.75) is 24.9 Å². The molecule has 1 fully saturated rings. The van der Waals surface area contributed by atoms with E-state index in [0.29, 0.717) is 5.57 Å². The number of hydrogen-bond donors (Lipinski definition) is 3. The molecule has 4 N–H and O–H groups in total. The maximum atomic E-state index is 12.3. The third kappa shape index (κ3) is 2.95. The summed E-state index contributed by atoms with van der Waals surface area (Å²) in [5.74, 6) is -0.197. The highest BCUT2D eigenvalue weighted by Crippen LogP contribution is 2.28. The minimum Gasteiger partial charge on any atom is -0.404 e. The van der Waals surface area contributed by atoms with Crippen LogP contribution in [0, 0.1) is 0 Å². The lowest BCUT2D eigenvalue weighted by Crippen LogP contribution is -2.45. The molecule has 1 unspecified atom stereocenters. The zero-order valence-electron chi connectivity index (χ0n) is 11.7. The lowest BCUT2D eigenvalue weighted by molar-refractivity contribution is -0.117. The molecule has 110 valence electrons. The number of nitrogens with two attached hydrogens (primary N) is 1. The normalized spacial score (nSPS) is 22.1. The van der Waals surface area contributed by atoms with Crippen LogP contribution in [-0.2, 0) is 11.2 Å². The van der Waals surface area contributed by atoms with Crippen LogP contribution in [0.2, 0.25) is 0 Å². The largest absolute Gasteiger partial charge is 0.404 e. The van der Waals surface area contributed by atoms with Crippen LogP contribution >= 0.6 is 0 Å².